The summed E-state index contributed by atoms with van der Waals surface area (Å²) < 4.78 is 5.54. The molecular weight excluding hydrogens is 1510 g/mol. The van der Waals surface area contributed by atoms with E-state index in [9.17, 15) is 88.2 Å². The van der Waals surface area contributed by atoms with Crippen molar-refractivity contribution >= 4 is 82.6 Å². The molecule has 6 fully saturated rings. The molecule has 34 nitrogen and oxygen atoms in total. The highest BCUT2D eigenvalue weighted by Gasteiger charge is 2.47. The quantitative estimate of drug-likeness (QED) is 0.0302. The molecule has 0 spiro atoms. The van der Waals surface area contributed by atoms with E-state index in [1.165, 1.54) is 37.5 Å². The van der Waals surface area contributed by atoms with E-state index in [1.54, 1.807) is 109 Å². The van der Waals surface area contributed by atoms with Crippen molar-refractivity contribution in [2.24, 2.45) is 47.3 Å². The average Bonchev–Trinajstić information content (AvgIpc) is 1.63. The second-order valence-electron chi connectivity index (χ2n) is 35.9. The van der Waals surface area contributed by atoms with Crippen molar-refractivity contribution < 1.29 is 92.9 Å². The molecule has 12 N–H and O–H groups in total. The number of amides is 8. The number of rotatable bonds is 37. The van der Waals surface area contributed by atoms with Crippen LogP contribution in [0.4, 0.5) is 0 Å². The molecule has 8 amide bonds. The Morgan fingerprint density at radius 3 is 0.923 bits per heavy atom. The lowest BCUT2D eigenvalue weighted by atomic mass is 9.91. The fourth-order valence-electron chi connectivity index (χ4n) is 16.8. The van der Waals surface area contributed by atoms with E-state index in [0.29, 0.717) is 65.1 Å². The van der Waals surface area contributed by atoms with Gasteiger partial charge in [0.1, 0.15) is 30.0 Å². The van der Waals surface area contributed by atoms with Gasteiger partial charge in [0.05, 0.1) is 99.0 Å². The topological polar surface area (TPSA) is 460 Å². The number of aliphatic hydroxyl groups excluding tert-OH is 6. The summed E-state index contributed by atoms with van der Waals surface area (Å²) in [7, 11) is 13.5. The number of likely N-dealkylation sites (N-methyl/N-ethyl adjacent to an activating group) is 4. The average molecular weight is 1660 g/mol. The van der Waals surface area contributed by atoms with Crippen molar-refractivity contribution in [3.05, 3.63) is 0 Å². The van der Waals surface area contributed by atoms with Crippen LogP contribution in [0.3, 0.4) is 0 Å². The van der Waals surface area contributed by atoms with Crippen LogP contribution >= 0.6 is 0 Å². The molecule has 0 aromatic carbocycles. The van der Waals surface area contributed by atoms with Crippen molar-refractivity contribution in [3.63, 3.8) is 0 Å². The summed E-state index contributed by atoms with van der Waals surface area (Å²) in [6, 6.07) is -5.56. The van der Waals surface area contributed by atoms with Crippen LogP contribution in [0.1, 0.15) is 188 Å². The normalized spacial score (nSPS) is 23.0. The van der Waals surface area contributed by atoms with E-state index in [2.05, 4.69) is 21.3 Å². The largest absolute Gasteiger partial charge is 0.393 e. The smallest absolute Gasteiger partial charge is 0.240 e. The van der Waals surface area contributed by atoms with Crippen LogP contribution in [-0.4, -0.2) is 369 Å². The van der Waals surface area contributed by atoms with Gasteiger partial charge < -0.3 is 81.1 Å². The van der Waals surface area contributed by atoms with Crippen LogP contribution in [0.15, 0.2) is 0 Å². The van der Waals surface area contributed by atoms with Crippen molar-refractivity contribution in [1.82, 2.24) is 65.4 Å². The maximum atomic E-state index is 13.0. The molecule has 4 unspecified atom stereocenters. The summed E-state index contributed by atoms with van der Waals surface area (Å²) >= 11 is 0. The first kappa shape index (κ1) is 104. The van der Waals surface area contributed by atoms with Gasteiger partial charge in [-0.2, -0.15) is 0 Å². The standard InChI is InChI=1S/C22H39N3O5.C21H37N3O5.C20H36N6O4.C20H37N3O5/c1-12(2)19(14(4)26)23-22(30)20(24(5)6)21(29)13(3)9-18(28)25-15-7-8-16(25)11-17(27)10-15;1-12(2)18(14(4)25)22-21(28)19(23(5)6)20(27)13(3)9-17(26)24-15-7-8-16(24)11-29-10-15;1-12(2)17(14(4)27)23-20(30)18(24(5)6)19(29)13(3)9-16(28)25-7-8-26(11-21)15(22)10-25;1-12(2)17(14(4)24)21-20(28)18(22(5)6)19(27)13(3)11-16(26)23-9-7-15(25)8-10-23/h12-13,15-17,19-21,27,29H,7-11H2,1-6H3,(H,23,30);12-13,15-16,18-20,27H,7-11H2,1-6H3,(H,22,28);11-13,17-19,21-22,29H,7-10H2,1-6H3,(H,23,30);12-13,15,17-19,25,27H,7-11H2,1-6H3,(H,21,28)/t13-,15?,16?,17?,19-,20-,21-;13-,15?,16?,18-,19-,20-;2*13-,17-,18-,19-/m1111/s1. The van der Waals surface area contributed by atoms with Gasteiger partial charge in [0, 0.05) is 63.9 Å². The highest BCUT2D eigenvalue weighted by molar-refractivity contribution is 5.95. The van der Waals surface area contributed by atoms with Crippen LogP contribution in [-0.2, 0) is 62.3 Å². The zero-order chi connectivity index (χ0) is 89.4. The van der Waals surface area contributed by atoms with Gasteiger partial charge in [-0.3, -0.25) is 88.0 Å². The van der Waals surface area contributed by atoms with Crippen molar-refractivity contribution in [3.8, 4) is 0 Å². The lowest BCUT2D eigenvalue weighted by Crippen LogP contribution is -2.57. The Hall–Kier alpha value is -6.86. The number of hydrogen-bond acceptors (Lipinski definition) is 25. The predicted octanol–water partition coefficient (Wildman–Crippen LogP) is 0.750. The van der Waals surface area contributed by atoms with E-state index in [1.807, 2.05) is 65.2 Å². The van der Waals surface area contributed by atoms with Crippen LogP contribution < -0.4 is 21.3 Å². The summed E-state index contributed by atoms with van der Waals surface area (Å²) in [6.45, 7) is 30.6. The first-order valence-electron chi connectivity index (χ1n) is 41.9. The Morgan fingerprint density at radius 1 is 0.402 bits per heavy atom. The number of ether oxygens (including phenoxy) is 1. The lowest BCUT2D eigenvalue weighted by molar-refractivity contribution is -0.144. The second kappa shape index (κ2) is 48.5. The Kier molecular flexibility index (Phi) is 43.3. The summed E-state index contributed by atoms with van der Waals surface area (Å²) in [4.78, 5) is 165. The molecule has 4 bridgehead atoms. The van der Waals surface area contributed by atoms with Crippen molar-refractivity contribution in [1.29, 1.82) is 10.8 Å². The monoisotopic (exact) mass is 1660 g/mol. The first-order valence-corrected chi connectivity index (χ1v) is 41.9. The molecule has 6 rings (SSSR count). The molecule has 0 saturated carbocycles. The van der Waals surface area contributed by atoms with Crippen LogP contribution in [0.5, 0.6) is 0 Å². The molecule has 6 saturated heterocycles. The van der Waals surface area contributed by atoms with Crippen LogP contribution in [0, 0.1) is 58.2 Å². The van der Waals surface area contributed by atoms with Gasteiger partial charge in [-0.1, -0.05) is 83.1 Å². The summed E-state index contributed by atoms with van der Waals surface area (Å²) in [5.74, 6) is -4.41. The number of fused-ring (bicyclic) bond motifs is 4. The number of carbonyl (C=O) groups is 12. The number of ketones is 4. The molecule has 34 heteroatoms. The van der Waals surface area contributed by atoms with E-state index >= 15 is 0 Å². The van der Waals surface area contributed by atoms with Gasteiger partial charge in [-0.15, -0.1) is 0 Å². The minimum absolute atomic E-state index is 0.00839. The summed E-state index contributed by atoms with van der Waals surface area (Å²) in [6.07, 6.45) is 2.65. The number of piperidine rings is 2. The Labute approximate surface area is 695 Å². The minimum Gasteiger partial charge on any atom is -0.393 e. The third-order valence-corrected chi connectivity index (χ3v) is 23.7. The number of aliphatic hydroxyl groups is 6. The number of nitrogens with one attached hydrogen (secondary N) is 6. The maximum Gasteiger partial charge on any atom is 0.240 e. The van der Waals surface area contributed by atoms with Gasteiger partial charge >= 0.3 is 0 Å². The molecule has 6 aliphatic heterocycles. The van der Waals surface area contributed by atoms with E-state index in [-0.39, 0.29) is 145 Å². The van der Waals surface area contributed by atoms with Gasteiger partial charge in [0.15, 0.2) is 23.1 Å². The third-order valence-electron chi connectivity index (χ3n) is 23.7. The van der Waals surface area contributed by atoms with Crippen molar-refractivity contribution in [2.45, 2.75) is 297 Å². The van der Waals surface area contributed by atoms with Gasteiger partial charge in [-0.25, -0.2) is 0 Å². The second-order valence-corrected chi connectivity index (χ2v) is 35.9. The zero-order valence-corrected chi connectivity index (χ0v) is 74.5. The first-order chi connectivity index (χ1) is 54.3. The predicted molar refractivity (Wildman–Crippen MR) is 444 cm³/mol. The Balaban J connectivity index is 0.000000404. The fraction of sp³-hybridized carbons (Fsp3) is 0.831. The third kappa shape index (κ3) is 30.7. The Morgan fingerprint density at radius 2 is 0.667 bits per heavy atom. The number of amidine groups is 1. The van der Waals surface area contributed by atoms with E-state index in [4.69, 9.17) is 15.6 Å². The number of hydrogen-bond donors (Lipinski definition) is 12. The SMILES string of the molecule is CC(=O)[C@H](NC(=O)[C@@H]([C@H](O)[C@H](C)CC(=O)N1C2CCC1CC(O)C2)N(C)C)C(C)C.CC(=O)[C@H](NC(=O)[C@@H]([C@H](O)[C@H](C)CC(=O)N1C2CCC1COC2)N(C)C)C(C)C.CC(=O)[C@H](NC(=O)[C@@H]([C@H](O)[C@H](C)CC(=O)N1CCC(O)CC1)N(C)C)C(C)C.CC(=O)[C@H](NC(=O)[C@@H]([C@H](O)[C@H](C)CC(=O)N1CCN(C=N)C(=N)C1)N(C)C)C(C)C. The highest BCUT2D eigenvalue weighted by atomic mass is 16.5. The number of Topliss-reactive ketones (excluding diaryl/α,β-unsaturated/α-hetero) is 4. The van der Waals surface area contributed by atoms with Gasteiger partial charge in [-0.05, 0) is 183 Å². The Bertz CT molecular complexity index is 3270. The number of nitrogens with zero attached hydrogens (tertiary/aromatic N) is 9. The molecule has 6 aliphatic rings. The van der Waals surface area contributed by atoms with Gasteiger partial charge in [0.25, 0.3) is 0 Å². The summed E-state index contributed by atoms with van der Waals surface area (Å²) in [5.41, 5.74) is 0. The number of carbonyl (C=O) groups excluding carboxylic acids is 12. The van der Waals surface area contributed by atoms with Crippen LogP contribution in [0.25, 0.3) is 0 Å². The molecule has 0 aromatic rings. The lowest BCUT2D eigenvalue weighted by Gasteiger charge is -2.38. The van der Waals surface area contributed by atoms with Crippen LogP contribution in [0.2, 0.25) is 0 Å². The molecule has 0 radical (unpaired) electrons. The highest BCUT2D eigenvalue weighted by Crippen LogP contribution is 2.37. The number of piperazine rings is 1. The molecular formula is C83H149N15O19. The molecule has 20 atom stereocenters. The molecule has 0 aliphatic carbocycles. The maximum absolute atomic E-state index is 13.0. The van der Waals surface area contributed by atoms with Gasteiger partial charge in [0.2, 0.25) is 47.3 Å². The molecule has 0 aromatic heterocycles. The number of likely N-dealkylation sites (tertiary alicyclic amines) is 1. The zero-order valence-electron chi connectivity index (χ0n) is 74.5. The molecule has 117 heavy (non-hydrogen) atoms. The van der Waals surface area contributed by atoms with E-state index < -0.39 is 120 Å². The minimum atomic E-state index is -1.12. The molecule has 670 valence electrons. The summed E-state index contributed by atoms with van der Waals surface area (Å²) in [5, 5.41) is 89.2. The van der Waals surface area contributed by atoms with Crippen molar-refractivity contribution in [2.75, 3.05) is 102 Å². The number of morpholine rings is 1. The molecule has 6 heterocycles. The van der Waals surface area contributed by atoms with E-state index in [0.717, 1.165) is 32.0 Å². The fourth-order valence-corrected chi connectivity index (χ4v) is 16.8.